The summed E-state index contributed by atoms with van der Waals surface area (Å²) in [6, 6.07) is 11.5. The summed E-state index contributed by atoms with van der Waals surface area (Å²) in [5.74, 6) is -0.318. The number of aromatic amines is 1. The van der Waals surface area contributed by atoms with Crippen LogP contribution in [0.5, 0.6) is 0 Å². The second-order valence-electron chi connectivity index (χ2n) is 7.31. The lowest BCUT2D eigenvalue weighted by molar-refractivity contribution is 0.0600. The summed E-state index contributed by atoms with van der Waals surface area (Å²) in [6.45, 7) is 2.12. The van der Waals surface area contributed by atoms with Crippen molar-refractivity contribution >= 4 is 27.9 Å². The van der Waals surface area contributed by atoms with E-state index in [0.29, 0.717) is 16.9 Å². The Kier molecular flexibility index (Phi) is 3.75. The molecule has 5 rings (SSSR count). The van der Waals surface area contributed by atoms with Crippen molar-refractivity contribution in [3.05, 3.63) is 53.3 Å². The number of hydrogen-bond acceptors (Lipinski definition) is 3. The first kappa shape index (κ1) is 17.0. The lowest BCUT2D eigenvalue weighted by atomic mass is 10.1. The molecular weight excluding hydrogens is 357 g/mol. The number of rotatable bonds is 4. The molecule has 6 heteroatoms. The van der Waals surface area contributed by atoms with Crippen LogP contribution in [0.3, 0.4) is 0 Å². The van der Waals surface area contributed by atoms with Crippen molar-refractivity contribution < 1.29 is 13.9 Å². The first-order chi connectivity index (χ1) is 13.6. The highest BCUT2D eigenvalue weighted by molar-refractivity contribution is 5.95. The zero-order valence-electron chi connectivity index (χ0n) is 15.8. The lowest BCUT2D eigenvalue weighted by Gasteiger charge is -2.07. The fourth-order valence-electron chi connectivity index (χ4n) is 3.81. The first-order valence-corrected chi connectivity index (χ1v) is 9.51. The number of benzene rings is 2. The van der Waals surface area contributed by atoms with Gasteiger partial charge in [-0.15, -0.1) is 0 Å². The number of fused-ring (bicyclic) bond motifs is 2. The van der Waals surface area contributed by atoms with Gasteiger partial charge in [-0.2, -0.15) is 0 Å². The Balaban J connectivity index is 1.73. The van der Waals surface area contributed by atoms with E-state index < -0.39 is 11.8 Å². The summed E-state index contributed by atoms with van der Waals surface area (Å²) in [5.41, 5.74) is 4.23. The average molecular weight is 377 g/mol. The third-order valence-electron chi connectivity index (χ3n) is 5.41. The number of H-pyrrole nitrogens is 1. The van der Waals surface area contributed by atoms with Gasteiger partial charge < -0.3 is 14.3 Å². The minimum absolute atomic E-state index is 0.170. The number of hydrogen-bond donors (Lipinski definition) is 1. The van der Waals surface area contributed by atoms with Gasteiger partial charge in [0.05, 0.1) is 23.9 Å². The van der Waals surface area contributed by atoms with Crippen LogP contribution in [0, 0.1) is 5.82 Å². The van der Waals surface area contributed by atoms with Crippen molar-refractivity contribution in [2.24, 2.45) is 0 Å². The maximum Gasteiger partial charge on any atom is 0.338 e. The fourth-order valence-corrected chi connectivity index (χ4v) is 3.81. The number of aromatic nitrogens is 3. The van der Waals surface area contributed by atoms with Crippen molar-refractivity contribution in [1.29, 1.82) is 0 Å². The Labute approximate surface area is 161 Å². The molecule has 28 heavy (non-hydrogen) atoms. The van der Waals surface area contributed by atoms with Gasteiger partial charge in [0, 0.05) is 16.9 Å². The standard InChI is InChI=1S/C22H20FN3O2/c1-3-12-4-5-13-10-19(24-17(13)8-12)21-25-18-11-14(22(27)28-2)9-16(23)20(18)26(21)15-6-7-15/h4-5,8-11,15,24H,3,6-7H2,1-2H3. The van der Waals surface area contributed by atoms with E-state index in [1.54, 1.807) is 6.07 Å². The molecule has 0 spiro atoms. The van der Waals surface area contributed by atoms with Crippen LogP contribution in [0.4, 0.5) is 4.39 Å². The van der Waals surface area contributed by atoms with Crippen molar-refractivity contribution in [1.82, 2.24) is 14.5 Å². The summed E-state index contributed by atoms with van der Waals surface area (Å²) in [5, 5.41) is 1.09. The van der Waals surface area contributed by atoms with Gasteiger partial charge in [-0.1, -0.05) is 19.1 Å². The molecule has 1 aliphatic rings. The molecule has 142 valence electrons. The monoisotopic (exact) mass is 377 g/mol. The molecule has 0 saturated heterocycles. The molecule has 1 aliphatic carbocycles. The van der Waals surface area contributed by atoms with Crippen LogP contribution in [0.2, 0.25) is 0 Å². The first-order valence-electron chi connectivity index (χ1n) is 9.51. The van der Waals surface area contributed by atoms with Crippen LogP contribution < -0.4 is 0 Å². The topological polar surface area (TPSA) is 59.9 Å². The zero-order valence-corrected chi connectivity index (χ0v) is 15.8. The predicted octanol–water partition coefficient (Wildman–Crippen LogP) is 5.01. The molecule has 2 aromatic heterocycles. The van der Waals surface area contributed by atoms with Gasteiger partial charge in [-0.25, -0.2) is 14.2 Å². The molecule has 2 heterocycles. The summed E-state index contributed by atoms with van der Waals surface area (Å²) >= 11 is 0. The average Bonchev–Trinajstić information content (AvgIpc) is 3.33. The molecule has 0 bridgehead atoms. The molecule has 0 radical (unpaired) electrons. The van der Waals surface area contributed by atoms with E-state index in [1.165, 1.54) is 18.7 Å². The molecule has 0 amide bonds. The van der Waals surface area contributed by atoms with Crippen LogP contribution in [-0.4, -0.2) is 27.6 Å². The number of carbonyl (C=O) groups excluding carboxylic acids is 1. The van der Waals surface area contributed by atoms with Gasteiger partial charge >= 0.3 is 5.97 Å². The van der Waals surface area contributed by atoms with Gasteiger partial charge in [-0.05, 0) is 49.1 Å². The van der Waals surface area contributed by atoms with E-state index in [9.17, 15) is 9.18 Å². The van der Waals surface area contributed by atoms with Gasteiger partial charge in [0.25, 0.3) is 0 Å². The molecule has 1 N–H and O–H groups in total. The van der Waals surface area contributed by atoms with Gasteiger partial charge in [-0.3, -0.25) is 0 Å². The van der Waals surface area contributed by atoms with Gasteiger partial charge in [0.1, 0.15) is 11.3 Å². The number of halogens is 1. The highest BCUT2D eigenvalue weighted by Crippen LogP contribution is 2.42. The lowest BCUT2D eigenvalue weighted by Crippen LogP contribution is -2.03. The summed E-state index contributed by atoms with van der Waals surface area (Å²) in [6.07, 6.45) is 2.96. The third-order valence-corrected chi connectivity index (χ3v) is 5.41. The Bertz CT molecular complexity index is 1230. The van der Waals surface area contributed by atoms with E-state index in [1.807, 2.05) is 10.6 Å². The molecule has 0 aliphatic heterocycles. The van der Waals surface area contributed by atoms with Crippen molar-refractivity contribution in [2.75, 3.05) is 7.11 Å². The largest absolute Gasteiger partial charge is 0.465 e. The Morgan fingerprint density at radius 2 is 2.11 bits per heavy atom. The predicted molar refractivity (Wildman–Crippen MR) is 106 cm³/mol. The van der Waals surface area contributed by atoms with E-state index in [-0.39, 0.29) is 11.6 Å². The van der Waals surface area contributed by atoms with Gasteiger partial charge in [0.15, 0.2) is 5.82 Å². The fraction of sp³-hybridized carbons (Fsp3) is 0.273. The van der Waals surface area contributed by atoms with Crippen molar-refractivity contribution in [3.63, 3.8) is 0 Å². The molecule has 1 fully saturated rings. The van der Waals surface area contributed by atoms with E-state index in [2.05, 4.69) is 30.1 Å². The maximum atomic E-state index is 14.9. The Morgan fingerprint density at radius 3 is 2.82 bits per heavy atom. The van der Waals surface area contributed by atoms with E-state index in [4.69, 9.17) is 9.72 Å². The summed E-state index contributed by atoms with van der Waals surface area (Å²) in [4.78, 5) is 20.0. The highest BCUT2D eigenvalue weighted by atomic mass is 19.1. The second kappa shape index (κ2) is 6.19. The number of imidazole rings is 1. The summed E-state index contributed by atoms with van der Waals surface area (Å²) < 4.78 is 21.7. The number of methoxy groups -OCH3 is 1. The second-order valence-corrected chi connectivity index (χ2v) is 7.31. The highest BCUT2D eigenvalue weighted by Gasteiger charge is 2.31. The van der Waals surface area contributed by atoms with E-state index in [0.717, 1.165) is 35.9 Å². The van der Waals surface area contributed by atoms with Crippen LogP contribution in [-0.2, 0) is 11.2 Å². The molecule has 0 unspecified atom stereocenters. The van der Waals surface area contributed by atoms with Gasteiger partial charge in [0.2, 0.25) is 0 Å². The number of nitrogens with one attached hydrogen (secondary N) is 1. The molecule has 1 saturated carbocycles. The Morgan fingerprint density at radius 1 is 1.29 bits per heavy atom. The normalized spacial score (nSPS) is 14.1. The number of nitrogens with zero attached hydrogens (tertiary/aromatic N) is 2. The molecule has 0 atom stereocenters. The SMILES string of the molecule is CCc1ccc2cc(-c3nc4cc(C(=O)OC)cc(F)c4n3C3CC3)[nH]c2c1. The third kappa shape index (κ3) is 2.59. The number of aryl methyl sites for hydroxylation is 1. The summed E-state index contributed by atoms with van der Waals surface area (Å²) in [7, 11) is 1.29. The minimum atomic E-state index is -0.568. The zero-order chi connectivity index (χ0) is 19.4. The number of esters is 1. The quantitative estimate of drug-likeness (QED) is 0.509. The van der Waals surface area contributed by atoms with Crippen LogP contribution in [0.1, 0.15) is 41.7 Å². The van der Waals surface area contributed by atoms with Crippen molar-refractivity contribution in [2.45, 2.75) is 32.2 Å². The van der Waals surface area contributed by atoms with Crippen molar-refractivity contribution in [3.8, 4) is 11.5 Å². The van der Waals surface area contributed by atoms with E-state index >= 15 is 0 Å². The number of ether oxygens (including phenoxy) is 1. The molecule has 4 aromatic rings. The van der Waals surface area contributed by atoms with Crippen LogP contribution >= 0.6 is 0 Å². The molecule has 2 aromatic carbocycles. The number of carbonyl (C=O) groups is 1. The van der Waals surface area contributed by atoms with Crippen LogP contribution in [0.15, 0.2) is 36.4 Å². The molecule has 5 nitrogen and oxygen atoms in total. The molecular formula is C22H20FN3O2. The Hall–Kier alpha value is -3.15. The smallest absolute Gasteiger partial charge is 0.338 e. The minimum Gasteiger partial charge on any atom is -0.465 e. The maximum absolute atomic E-state index is 14.9. The van der Waals surface area contributed by atoms with Crippen LogP contribution in [0.25, 0.3) is 33.5 Å².